The topological polar surface area (TPSA) is 58.4 Å². The lowest BCUT2D eigenvalue weighted by Crippen LogP contribution is -2.27. The third kappa shape index (κ3) is 4.27. The van der Waals surface area contributed by atoms with Gasteiger partial charge in [-0.2, -0.15) is 0 Å². The lowest BCUT2D eigenvalue weighted by molar-refractivity contribution is 0.0951. The minimum absolute atomic E-state index is 0.0309. The molecular weight excluding hydrogens is 301 g/mol. The van der Waals surface area contributed by atoms with E-state index < -0.39 is 5.82 Å². The van der Waals surface area contributed by atoms with Gasteiger partial charge in [0.25, 0.3) is 5.91 Å². The standard InChI is InChI=1S/C12H17BrFN3O/c1-17(2)5-3-4-16-12(18)8-6-11(15)10(14)7-9(8)13/h6-7H,3-5,15H2,1-2H3,(H,16,18). The van der Waals surface area contributed by atoms with Gasteiger partial charge in [0.15, 0.2) is 0 Å². The number of hydrogen-bond acceptors (Lipinski definition) is 3. The second-order valence-corrected chi connectivity index (χ2v) is 5.12. The fourth-order valence-electron chi connectivity index (χ4n) is 1.43. The molecule has 1 amide bonds. The molecule has 4 nitrogen and oxygen atoms in total. The first-order valence-electron chi connectivity index (χ1n) is 5.59. The van der Waals surface area contributed by atoms with Crippen LogP contribution in [0.4, 0.5) is 10.1 Å². The van der Waals surface area contributed by atoms with Crippen molar-refractivity contribution in [1.82, 2.24) is 10.2 Å². The van der Waals surface area contributed by atoms with E-state index in [9.17, 15) is 9.18 Å². The van der Waals surface area contributed by atoms with Crippen molar-refractivity contribution < 1.29 is 9.18 Å². The normalized spacial score (nSPS) is 10.7. The average Bonchev–Trinajstić information content (AvgIpc) is 2.28. The summed E-state index contributed by atoms with van der Waals surface area (Å²) >= 11 is 3.15. The molecule has 0 unspecified atom stereocenters. The summed E-state index contributed by atoms with van der Waals surface area (Å²) in [6.45, 7) is 1.47. The zero-order valence-electron chi connectivity index (χ0n) is 10.5. The van der Waals surface area contributed by atoms with Crippen molar-refractivity contribution in [3.05, 3.63) is 28.0 Å². The summed E-state index contributed by atoms with van der Waals surface area (Å²) in [6, 6.07) is 2.53. The van der Waals surface area contributed by atoms with Crippen LogP contribution in [0.1, 0.15) is 16.8 Å². The van der Waals surface area contributed by atoms with Crippen molar-refractivity contribution in [3.63, 3.8) is 0 Å². The van der Waals surface area contributed by atoms with Gasteiger partial charge in [-0.1, -0.05) is 0 Å². The molecule has 0 aliphatic heterocycles. The predicted molar refractivity (Wildman–Crippen MR) is 74.0 cm³/mol. The number of nitrogen functional groups attached to an aromatic ring is 1. The molecular formula is C12H17BrFN3O. The molecule has 6 heteroatoms. The van der Waals surface area contributed by atoms with E-state index in [1.807, 2.05) is 19.0 Å². The van der Waals surface area contributed by atoms with E-state index in [-0.39, 0.29) is 11.6 Å². The average molecular weight is 318 g/mol. The van der Waals surface area contributed by atoms with Crippen LogP contribution in [0.15, 0.2) is 16.6 Å². The highest BCUT2D eigenvalue weighted by Crippen LogP contribution is 2.22. The Balaban J connectivity index is 2.59. The Kier molecular flexibility index (Phi) is 5.55. The largest absolute Gasteiger partial charge is 0.396 e. The summed E-state index contributed by atoms with van der Waals surface area (Å²) in [5, 5.41) is 2.77. The van der Waals surface area contributed by atoms with Gasteiger partial charge in [0.2, 0.25) is 0 Å². The molecule has 0 aromatic heterocycles. The predicted octanol–water partition coefficient (Wildman–Crippen LogP) is 1.85. The van der Waals surface area contributed by atoms with Gasteiger partial charge in [-0.3, -0.25) is 4.79 Å². The monoisotopic (exact) mass is 317 g/mol. The Labute approximate surface area is 114 Å². The fraction of sp³-hybridized carbons (Fsp3) is 0.417. The number of hydrogen-bond donors (Lipinski definition) is 2. The Morgan fingerprint density at radius 1 is 1.50 bits per heavy atom. The highest BCUT2D eigenvalue weighted by atomic mass is 79.9. The first kappa shape index (κ1) is 14.9. The van der Waals surface area contributed by atoms with E-state index in [1.165, 1.54) is 12.1 Å². The van der Waals surface area contributed by atoms with E-state index in [2.05, 4.69) is 21.2 Å². The van der Waals surface area contributed by atoms with Crippen LogP contribution in [-0.4, -0.2) is 38.0 Å². The lowest BCUT2D eigenvalue weighted by atomic mass is 10.2. The minimum Gasteiger partial charge on any atom is -0.396 e. The number of nitrogens with two attached hydrogens (primary N) is 1. The smallest absolute Gasteiger partial charge is 0.252 e. The molecule has 1 rings (SSSR count). The maximum absolute atomic E-state index is 13.1. The number of amides is 1. The molecule has 0 aliphatic carbocycles. The Bertz CT molecular complexity index is 438. The highest BCUT2D eigenvalue weighted by molar-refractivity contribution is 9.10. The maximum atomic E-state index is 13.1. The summed E-state index contributed by atoms with van der Waals surface area (Å²) in [6.07, 6.45) is 0.854. The summed E-state index contributed by atoms with van der Waals surface area (Å²) in [7, 11) is 3.94. The van der Waals surface area contributed by atoms with Gasteiger partial charge in [0.05, 0.1) is 11.3 Å². The SMILES string of the molecule is CN(C)CCCNC(=O)c1cc(N)c(F)cc1Br. The molecule has 0 bridgehead atoms. The third-order valence-electron chi connectivity index (χ3n) is 2.40. The van der Waals surface area contributed by atoms with Crippen molar-refractivity contribution >= 4 is 27.5 Å². The van der Waals surface area contributed by atoms with Gasteiger partial charge >= 0.3 is 0 Å². The van der Waals surface area contributed by atoms with Gasteiger partial charge < -0.3 is 16.0 Å². The Morgan fingerprint density at radius 3 is 2.78 bits per heavy atom. The van der Waals surface area contributed by atoms with Gasteiger partial charge in [0.1, 0.15) is 5.82 Å². The second-order valence-electron chi connectivity index (χ2n) is 4.27. The van der Waals surface area contributed by atoms with E-state index in [1.54, 1.807) is 0 Å². The van der Waals surface area contributed by atoms with Crippen LogP contribution in [-0.2, 0) is 0 Å². The van der Waals surface area contributed by atoms with Crippen LogP contribution in [0.2, 0.25) is 0 Å². The summed E-state index contributed by atoms with van der Waals surface area (Å²) in [5.41, 5.74) is 5.75. The van der Waals surface area contributed by atoms with Gasteiger partial charge in [-0.25, -0.2) is 4.39 Å². The summed E-state index contributed by atoms with van der Waals surface area (Å²) in [5.74, 6) is -0.793. The molecule has 0 spiro atoms. The second kappa shape index (κ2) is 6.70. The number of carbonyl (C=O) groups is 1. The van der Waals surface area contributed by atoms with Crippen LogP contribution in [0.5, 0.6) is 0 Å². The summed E-state index contributed by atoms with van der Waals surface area (Å²) < 4.78 is 13.5. The minimum atomic E-state index is -0.536. The molecule has 100 valence electrons. The zero-order chi connectivity index (χ0) is 13.7. The van der Waals surface area contributed by atoms with Gasteiger partial charge in [0, 0.05) is 11.0 Å². The third-order valence-corrected chi connectivity index (χ3v) is 3.05. The fourth-order valence-corrected chi connectivity index (χ4v) is 1.93. The first-order valence-corrected chi connectivity index (χ1v) is 6.38. The number of halogens is 2. The maximum Gasteiger partial charge on any atom is 0.252 e. The Morgan fingerprint density at radius 2 is 2.17 bits per heavy atom. The Hall–Kier alpha value is -1.14. The van der Waals surface area contributed by atoms with Crippen LogP contribution >= 0.6 is 15.9 Å². The molecule has 3 N–H and O–H groups in total. The molecule has 0 atom stereocenters. The molecule has 0 aliphatic rings. The first-order chi connectivity index (χ1) is 8.41. The number of nitrogens with zero attached hydrogens (tertiary/aromatic N) is 1. The molecule has 0 radical (unpaired) electrons. The molecule has 1 aromatic carbocycles. The number of benzene rings is 1. The van der Waals surface area contributed by atoms with Crippen molar-refractivity contribution in [3.8, 4) is 0 Å². The van der Waals surface area contributed by atoms with E-state index in [0.717, 1.165) is 13.0 Å². The van der Waals surface area contributed by atoms with Crippen molar-refractivity contribution in [2.45, 2.75) is 6.42 Å². The lowest BCUT2D eigenvalue weighted by Gasteiger charge is -2.11. The number of rotatable bonds is 5. The summed E-state index contributed by atoms with van der Waals surface area (Å²) in [4.78, 5) is 13.9. The van der Waals surface area contributed by atoms with Crippen molar-refractivity contribution in [2.75, 3.05) is 32.9 Å². The number of anilines is 1. The van der Waals surface area contributed by atoms with Crippen LogP contribution in [0.25, 0.3) is 0 Å². The molecule has 18 heavy (non-hydrogen) atoms. The van der Waals surface area contributed by atoms with E-state index in [4.69, 9.17) is 5.73 Å². The van der Waals surface area contributed by atoms with E-state index >= 15 is 0 Å². The van der Waals surface area contributed by atoms with Gasteiger partial charge in [-0.05, 0) is 55.1 Å². The highest BCUT2D eigenvalue weighted by Gasteiger charge is 2.12. The van der Waals surface area contributed by atoms with Crippen LogP contribution in [0, 0.1) is 5.82 Å². The van der Waals surface area contributed by atoms with Gasteiger partial charge in [-0.15, -0.1) is 0 Å². The van der Waals surface area contributed by atoms with Crippen molar-refractivity contribution in [1.29, 1.82) is 0 Å². The van der Waals surface area contributed by atoms with E-state index in [0.29, 0.717) is 16.6 Å². The molecule has 0 saturated carbocycles. The molecule has 0 heterocycles. The number of carbonyl (C=O) groups excluding carboxylic acids is 1. The molecule has 0 saturated heterocycles. The van der Waals surface area contributed by atoms with Crippen LogP contribution < -0.4 is 11.1 Å². The zero-order valence-corrected chi connectivity index (χ0v) is 12.1. The quantitative estimate of drug-likeness (QED) is 0.643. The van der Waals surface area contributed by atoms with Crippen LogP contribution in [0.3, 0.4) is 0 Å². The molecule has 1 aromatic rings. The number of nitrogens with one attached hydrogen (secondary N) is 1. The molecule has 0 fully saturated rings. The van der Waals surface area contributed by atoms with Crippen molar-refractivity contribution in [2.24, 2.45) is 0 Å².